The topological polar surface area (TPSA) is 32.3 Å². The predicted octanol–water partition coefficient (Wildman–Crippen LogP) is 3.09. The lowest BCUT2D eigenvalue weighted by Gasteiger charge is -2.17. The lowest BCUT2D eigenvalue weighted by Crippen LogP contribution is -2.33. The van der Waals surface area contributed by atoms with Gasteiger partial charge in [-0.15, -0.1) is 0 Å². The first-order valence-corrected chi connectivity index (χ1v) is 7.39. The number of carbonyl (C=O) groups is 1. The lowest BCUT2D eigenvalue weighted by atomic mass is 10.3. The van der Waals surface area contributed by atoms with Crippen LogP contribution in [0.2, 0.25) is 0 Å². The van der Waals surface area contributed by atoms with Gasteiger partial charge >= 0.3 is 0 Å². The van der Waals surface area contributed by atoms with Crippen molar-refractivity contribution in [3.05, 3.63) is 26.2 Å². The molecule has 5 heteroatoms. The molecule has 0 heterocycles. The van der Waals surface area contributed by atoms with Crippen molar-refractivity contribution >= 4 is 50.1 Å². The number of nitrogens with one attached hydrogen (secondary N) is 1. The summed E-state index contributed by atoms with van der Waals surface area (Å²) in [6.07, 6.45) is 2.30. The van der Waals surface area contributed by atoms with Crippen LogP contribution >= 0.6 is 38.5 Å². The zero-order valence-corrected chi connectivity index (χ0v) is 13.3. The quantitative estimate of drug-likeness (QED) is 0.776. The van der Waals surface area contributed by atoms with Crippen molar-refractivity contribution in [2.24, 2.45) is 0 Å². The fourth-order valence-electron chi connectivity index (χ4n) is 1.59. The Labute approximate surface area is 123 Å². The largest absolute Gasteiger partial charge is 0.375 e. The van der Waals surface area contributed by atoms with Crippen molar-refractivity contribution in [1.29, 1.82) is 0 Å². The van der Waals surface area contributed by atoms with E-state index in [1.807, 2.05) is 30.1 Å². The van der Waals surface area contributed by atoms with E-state index < -0.39 is 0 Å². The zero-order valence-electron chi connectivity index (χ0n) is 9.54. The highest BCUT2D eigenvalue weighted by Gasteiger charge is 2.29. The molecule has 1 fully saturated rings. The Kier molecular flexibility index (Phi) is 4.30. The summed E-state index contributed by atoms with van der Waals surface area (Å²) in [6.45, 7) is 0.353. The Morgan fingerprint density at radius 2 is 2.29 bits per heavy atom. The van der Waals surface area contributed by atoms with Gasteiger partial charge in [-0.3, -0.25) is 4.79 Å². The van der Waals surface area contributed by atoms with Crippen LogP contribution < -0.4 is 5.32 Å². The molecule has 3 nitrogen and oxygen atoms in total. The van der Waals surface area contributed by atoms with Gasteiger partial charge in [0.15, 0.2) is 0 Å². The van der Waals surface area contributed by atoms with Gasteiger partial charge in [-0.2, -0.15) is 0 Å². The van der Waals surface area contributed by atoms with Gasteiger partial charge in [0.05, 0.1) is 6.54 Å². The number of likely N-dealkylation sites (N-methyl/N-ethyl adjacent to an activating group) is 1. The molecule has 0 saturated heterocycles. The van der Waals surface area contributed by atoms with Crippen LogP contribution in [0.4, 0.5) is 5.69 Å². The predicted molar refractivity (Wildman–Crippen MR) is 81.1 cm³/mol. The molecule has 1 amide bonds. The second-order valence-corrected chi connectivity index (χ2v) is 6.31. The summed E-state index contributed by atoms with van der Waals surface area (Å²) in [7, 11) is 1.88. The summed E-state index contributed by atoms with van der Waals surface area (Å²) < 4.78 is 2.16. The summed E-state index contributed by atoms with van der Waals surface area (Å²) >= 11 is 5.74. The Morgan fingerprint density at radius 1 is 1.59 bits per heavy atom. The maximum Gasteiger partial charge on any atom is 0.241 e. The van der Waals surface area contributed by atoms with Gasteiger partial charge in [-0.05, 0) is 69.6 Å². The monoisotopic (exact) mass is 408 g/mol. The number of anilines is 1. The molecule has 1 aromatic carbocycles. The van der Waals surface area contributed by atoms with E-state index in [-0.39, 0.29) is 5.91 Å². The molecule has 2 rings (SSSR count). The third-order valence-electron chi connectivity index (χ3n) is 2.85. The van der Waals surface area contributed by atoms with E-state index >= 15 is 0 Å². The average Bonchev–Trinajstić information content (AvgIpc) is 3.10. The second-order valence-electron chi connectivity index (χ2n) is 4.21. The van der Waals surface area contributed by atoms with Crippen molar-refractivity contribution in [3.63, 3.8) is 0 Å². The van der Waals surface area contributed by atoms with E-state index in [1.54, 1.807) is 0 Å². The minimum atomic E-state index is 0.151. The number of nitrogens with zero attached hydrogens (tertiary/aromatic N) is 1. The van der Waals surface area contributed by atoms with Crippen molar-refractivity contribution in [3.8, 4) is 0 Å². The Morgan fingerprint density at radius 3 is 2.88 bits per heavy atom. The lowest BCUT2D eigenvalue weighted by molar-refractivity contribution is -0.128. The van der Waals surface area contributed by atoms with E-state index in [2.05, 4.69) is 43.8 Å². The normalized spacial score (nSPS) is 14.5. The number of benzene rings is 1. The molecule has 17 heavy (non-hydrogen) atoms. The molecule has 1 N–H and O–H groups in total. The third kappa shape index (κ3) is 3.58. The molecular weight excluding hydrogens is 395 g/mol. The van der Waals surface area contributed by atoms with Crippen molar-refractivity contribution in [2.75, 3.05) is 18.9 Å². The number of hydrogen-bond donors (Lipinski definition) is 1. The molecule has 0 bridgehead atoms. The summed E-state index contributed by atoms with van der Waals surface area (Å²) in [5.74, 6) is 0.151. The molecule has 1 saturated carbocycles. The average molecular weight is 409 g/mol. The van der Waals surface area contributed by atoms with Gasteiger partial charge in [0.25, 0.3) is 0 Å². The summed E-state index contributed by atoms with van der Waals surface area (Å²) in [6, 6.07) is 6.50. The van der Waals surface area contributed by atoms with Gasteiger partial charge < -0.3 is 10.2 Å². The SMILES string of the molecule is CN(C(=O)CNc1ccc(I)cc1Br)C1CC1. The van der Waals surface area contributed by atoms with E-state index in [4.69, 9.17) is 0 Å². The van der Waals surface area contributed by atoms with Crippen LogP contribution in [0.25, 0.3) is 0 Å². The third-order valence-corrected chi connectivity index (χ3v) is 4.18. The molecule has 1 aliphatic carbocycles. The summed E-state index contributed by atoms with van der Waals surface area (Å²) in [5, 5.41) is 3.16. The molecule has 0 atom stereocenters. The highest BCUT2D eigenvalue weighted by atomic mass is 127. The Balaban J connectivity index is 1.90. The van der Waals surface area contributed by atoms with Crippen molar-refractivity contribution in [1.82, 2.24) is 4.90 Å². The standard InChI is InChI=1S/C12H14BrIN2O/c1-16(9-3-4-9)12(17)7-15-11-5-2-8(14)6-10(11)13/h2,5-6,9,15H,3-4,7H2,1H3. The molecule has 1 aromatic rings. The van der Waals surface area contributed by atoms with Gasteiger partial charge in [0, 0.05) is 26.8 Å². The van der Waals surface area contributed by atoms with Gasteiger partial charge in [-0.1, -0.05) is 0 Å². The number of halogens is 2. The first-order valence-electron chi connectivity index (χ1n) is 5.52. The summed E-state index contributed by atoms with van der Waals surface area (Å²) in [4.78, 5) is 13.7. The van der Waals surface area contributed by atoms with Crippen molar-refractivity contribution < 1.29 is 4.79 Å². The van der Waals surface area contributed by atoms with Gasteiger partial charge in [-0.25, -0.2) is 0 Å². The Bertz CT molecular complexity index is 435. The second kappa shape index (κ2) is 5.56. The van der Waals surface area contributed by atoms with Crippen LogP contribution in [0.5, 0.6) is 0 Å². The first-order chi connectivity index (χ1) is 8.08. The number of rotatable bonds is 4. The molecule has 1 aliphatic rings. The zero-order chi connectivity index (χ0) is 12.4. The molecule has 0 unspecified atom stereocenters. The minimum Gasteiger partial charge on any atom is -0.375 e. The van der Waals surface area contributed by atoms with E-state index in [9.17, 15) is 4.79 Å². The minimum absolute atomic E-state index is 0.151. The number of amides is 1. The molecule has 0 radical (unpaired) electrons. The van der Waals surface area contributed by atoms with E-state index in [0.717, 1.165) is 23.0 Å². The fourth-order valence-corrected chi connectivity index (χ4v) is 3.03. The maximum absolute atomic E-state index is 11.8. The maximum atomic E-state index is 11.8. The molecule has 92 valence electrons. The van der Waals surface area contributed by atoms with Crippen LogP contribution in [0, 0.1) is 3.57 Å². The van der Waals surface area contributed by atoms with Gasteiger partial charge in [0.1, 0.15) is 0 Å². The van der Waals surface area contributed by atoms with E-state index in [1.165, 1.54) is 3.57 Å². The first kappa shape index (κ1) is 13.1. The molecule has 0 spiro atoms. The van der Waals surface area contributed by atoms with Crippen LogP contribution in [-0.2, 0) is 4.79 Å². The Hall–Kier alpha value is -0.300. The molecule has 0 aliphatic heterocycles. The van der Waals surface area contributed by atoms with Crippen LogP contribution in [0.3, 0.4) is 0 Å². The smallest absolute Gasteiger partial charge is 0.241 e. The van der Waals surface area contributed by atoms with E-state index in [0.29, 0.717) is 12.6 Å². The van der Waals surface area contributed by atoms with Crippen molar-refractivity contribution in [2.45, 2.75) is 18.9 Å². The number of carbonyl (C=O) groups excluding carboxylic acids is 1. The fraction of sp³-hybridized carbons (Fsp3) is 0.417. The van der Waals surface area contributed by atoms with Crippen LogP contribution in [-0.4, -0.2) is 30.4 Å². The highest BCUT2D eigenvalue weighted by molar-refractivity contribution is 14.1. The highest BCUT2D eigenvalue weighted by Crippen LogP contribution is 2.26. The summed E-state index contributed by atoms with van der Waals surface area (Å²) in [5.41, 5.74) is 0.961. The van der Waals surface area contributed by atoms with Crippen LogP contribution in [0.15, 0.2) is 22.7 Å². The molecule has 0 aromatic heterocycles. The molecular formula is C12H14BrIN2O. The van der Waals surface area contributed by atoms with Crippen LogP contribution in [0.1, 0.15) is 12.8 Å². The van der Waals surface area contributed by atoms with Gasteiger partial charge in [0.2, 0.25) is 5.91 Å². The number of hydrogen-bond acceptors (Lipinski definition) is 2.